The molecule has 0 aliphatic heterocycles. The van der Waals surface area contributed by atoms with E-state index in [1.807, 2.05) is 13.8 Å². The Morgan fingerprint density at radius 2 is 1.00 bits per heavy atom. The molecule has 0 heterocycles. The van der Waals surface area contributed by atoms with Crippen molar-refractivity contribution in [2.24, 2.45) is 0 Å². The van der Waals surface area contributed by atoms with Crippen LogP contribution in [0.25, 0.3) is 0 Å². The Balaban J connectivity index is 1.59. The first kappa shape index (κ1) is 29.0. The first-order valence-electron chi connectivity index (χ1n) is 12.2. The van der Waals surface area contributed by atoms with Crippen molar-refractivity contribution in [1.29, 1.82) is 0 Å². The van der Waals surface area contributed by atoms with Gasteiger partial charge in [-0.2, -0.15) is 0 Å². The van der Waals surface area contributed by atoms with Crippen molar-refractivity contribution in [3.05, 3.63) is 84.0 Å². The molecule has 2 amide bonds. The van der Waals surface area contributed by atoms with Gasteiger partial charge in [0.15, 0.2) is 24.8 Å². The van der Waals surface area contributed by atoms with E-state index in [1.165, 1.54) is 0 Å². The summed E-state index contributed by atoms with van der Waals surface area (Å²) < 4.78 is 10.9. The standard InChI is InChI=1S/C29H34N2O6/c1-5-20(3)28(34)22-8-12-24(13-9-22)36-18-26(32)30-16-7-17-31-27(33)19-37-25-14-10-23(11-15-25)29(35)21(4)6-2/h8-15H,3-7,16-19H2,1-2H3,(H,30,32)(H,31,33). The zero-order valence-electron chi connectivity index (χ0n) is 21.4. The number of Topliss-reactive ketones (excluding diaryl/α,β-unsaturated/α-hetero) is 2. The highest BCUT2D eigenvalue weighted by molar-refractivity contribution is 6.08. The molecule has 0 bridgehead atoms. The number of hydrogen-bond acceptors (Lipinski definition) is 6. The summed E-state index contributed by atoms with van der Waals surface area (Å²) in [5.74, 6) is 0.165. The van der Waals surface area contributed by atoms with Crippen molar-refractivity contribution in [2.75, 3.05) is 26.3 Å². The lowest BCUT2D eigenvalue weighted by molar-refractivity contribution is -0.123. The number of rotatable bonds is 16. The van der Waals surface area contributed by atoms with E-state index in [-0.39, 0.29) is 36.6 Å². The number of carbonyl (C=O) groups excluding carboxylic acids is 4. The van der Waals surface area contributed by atoms with Gasteiger partial charge in [-0.1, -0.05) is 27.0 Å². The van der Waals surface area contributed by atoms with Crippen LogP contribution >= 0.6 is 0 Å². The molecular formula is C29H34N2O6. The van der Waals surface area contributed by atoms with Crippen LogP contribution in [0.4, 0.5) is 0 Å². The van der Waals surface area contributed by atoms with Crippen molar-refractivity contribution in [3.63, 3.8) is 0 Å². The third-order valence-corrected chi connectivity index (χ3v) is 5.47. The van der Waals surface area contributed by atoms with E-state index >= 15 is 0 Å². The Kier molecular flexibility index (Phi) is 11.8. The SMILES string of the molecule is C=C(CC)C(=O)c1ccc(OCC(=O)NCCCNC(=O)COc2ccc(C(=O)C(=C)CC)cc2)cc1. The van der Waals surface area contributed by atoms with Gasteiger partial charge in [-0.25, -0.2) is 0 Å². The minimum Gasteiger partial charge on any atom is -0.484 e. The molecule has 0 saturated heterocycles. The van der Waals surface area contributed by atoms with Gasteiger partial charge < -0.3 is 20.1 Å². The number of carbonyl (C=O) groups is 4. The second-order valence-corrected chi connectivity index (χ2v) is 8.25. The fraction of sp³-hybridized carbons (Fsp3) is 0.310. The highest BCUT2D eigenvalue weighted by Crippen LogP contribution is 2.16. The normalized spacial score (nSPS) is 10.2. The molecule has 0 unspecified atom stereocenters. The third kappa shape index (κ3) is 9.76. The Hall–Kier alpha value is -4.20. The third-order valence-electron chi connectivity index (χ3n) is 5.47. The Labute approximate surface area is 217 Å². The largest absolute Gasteiger partial charge is 0.484 e. The van der Waals surface area contributed by atoms with Crippen LogP contribution in [0.1, 0.15) is 53.8 Å². The number of ketones is 2. The van der Waals surface area contributed by atoms with Gasteiger partial charge in [0.1, 0.15) is 11.5 Å². The van der Waals surface area contributed by atoms with Gasteiger partial charge in [0, 0.05) is 24.2 Å². The molecule has 0 fully saturated rings. The van der Waals surface area contributed by atoms with Crippen LogP contribution in [0.2, 0.25) is 0 Å². The molecule has 2 N–H and O–H groups in total. The maximum atomic E-state index is 12.1. The minimum absolute atomic E-state index is 0.105. The summed E-state index contributed by atoms with van der Waals surface area (Å²) >= 11 is 0. The molecule has 0 aliphatic carbocycles. The zero-order valence-corrected chi connectivity index (χ0v) is 21.4. The average molecular weight is 507 g/mol. The van der Waals surface area contributed by atoms with Gasteiger partial charge in [-0.3, -0.25) is 19.2 Å². The van der Waals surface area contributed by atoms with Crippen LogP contribution in [-0.4, -0.2) is 49.7 Å². The molecule has 2 rings (SSSR count). The van der Waals surface area contributed by atoms with Gasteiger partial charge in [0.05, 0.1) is 0 Å². The molecule has 0 aromatic heterocycles. The van der Waals surface area contributed by atoms with E-state index in [4.69, 9.17) is 9.47 Å². The lowest BCUT2D eigenvalue weighted by Gasteiger charge is -2.10. The van der Waals surface area contributed by atoms with Crippen molar-refractivity contribution >= 4 is 23.4 Å². The molecule has 8 nitrogen and oxygen atoms in total. The van der Waals surface area contributed by atoms with Crippen LogP contribution in [0.5, 0.6) is 11.5 Å². The highest BCUT2D eigenvalue weighted by Gasteiger charge is 2.10. The molecule has 0 atom stereocenters. The molecule has 196 valence electrons. The predicted molar refractivity (Wildman–Crippen MR) is 142 cm³/mol. The monoisotopic (exact) mass is 506 g/mol. The van der Waals surface area contributed by atoms with Crippen LogP contribution in [0, 0.1) is 0 Å². The molecule has 0 aliphatic rings. The van der Waals surface area contributed by atoms with Gasteiger partial charge in [0.25, 0.3) is 11.8 Å². The van der Waals surface area contributed by atoms with E-state index < -0.39 is 0 Å². The van der Waals surface area contributed by atoms with Crippen LogP contribution in [-0.2, 0) is 9.59 Å². The zero-order chi connectivity index (χ0) is 27.2. The Bertz CT molecular complexity index is 1030. The highest BCUT2D eigenvalue weighted by atomic mass is 16.5. The lowest BCUT2D eigenvalue weighted by Crippen LogP contribution is -2.34. The first-order chi connectivity index (χ1) is 17.7. The summed E-state index contributed by atoms with van der Waals surface area (Å²) in [6, 6.07) is 13.1. The number of allylic oxidation sites excluding steroid dienone is 2. The molecule has 2 aromatic rings. The van der Waals surface area contributed by atoms with E-state index in [1.54, 1.807) is 48.5 Å². The summed E-state index contributed by atoms with van der Waals surface area (Å²) in [7, 11) is 0. The van der Waals surface area contributed by atoms with Crippen molar-refractivity contribution < 1.29 is 28.7 Å². The first-order valence-corrected chi connectivity index (χ1v) is 12.2. The fourth-order valence-electron chi connectivity index (χ4n) is 3.08. The van der Waals surface area contributed by atoms with Crippen molar-refractivity contribution in [1.82, 2.24) is 10.6 Å². The van der Waals surface area contributed by atoms with Gasteiger partial charge >= 0.3 is 0 Å². The number of nitrogens with one attached hydrogen (secondary N) is 2. The summed E-state index contributed by atoms with van der Waals surface area (Å²) in [5.41, 5.74) is 2.13. The lowest BCUT2D eigenvalue weighted by atomic mass is 10.0. The fourth-order valence-corrected chi connectivity index (χ4v) is 3.08. The van der Waals surface area contributed by atoms with Crippen LogP contribution in [0.3, 0.4) is 0 Å². The number of ether oxygens (including phenoxy) is 2. The van der Waals surface area contributed by atoms with Crippen molar-refractivity contribution in [2.45, 2.75) is 33.1 Å². The second-order valence-electron chi connectivity index (χ2n) is 8.25. The molecule has 0 radical (unpaired) electrons. The molecule has 8 heteroatoms. The Morgan fingerprint density at radius 3 is 1.32 bits per heavy atom. The smallest absolute Gasteiger partial charge is 0.257 e. The van der Waals surface area contributed by atoms with E-state index in [9.17, 15) is 19.2 Å². The van der Waals surface area contributed by atoms with Gasteiger partial charge in [0.2, 0.25) is 0 Å². The van der Waals surface area contributed by atoms with Gasteiger partial charge in [-0.05, 0) is 78.9 Å². The number of amides is 2. The summed E-state index contributed by atoms with van der Waals surface area (Å²) in [6.45, 7) is 11.7. The molecule has 37 heavy (non-hydrogen) atoms. The quantitative estimate of drug-likeness (QED) is 0.202. The summed E-state index contributed by atoms with van der Waals surface area (Å²) in [4.78, 5) is 48.1. The van der Waals surface area contributed by atoms with E-state index in [0.717, 1.165) is 0 Å². The Morgan fingerprint density at radius 1 is 0.649 bits per heavy atom. The van der Waals surface area contributed by atoms with Crippen molar-refractivity contribution in [3.8, 4) is 11.5 Å². The summed E-state index contributed by atoms with van der Waals surface area (Å²) in [6.07, 6.45) is 1.71. The second kappa shape index (κ2) is 15.0. The maximum Gasteiger partial charge on any atom is 0.257 e. The summed E-state index contributed by atoms with van der Waals surface area (Å²) in [5, 5.41) is 5.43. The molecule has 2 aromatic carbocycles. The van der Waals surface area contributed by atoms with E-state index in [2.05, 4.69) is 23.8 Å². The van der Waals surface area contributed by atoms with E-state index in [0.29, 0.717) is 66.1 Å². The number of hydrogen-bond donors (Lipinski definition) is 2. The molecule has 0 saturated carbocycles. The van der Waals surface area contributed by atoms with Gasteiger partial charge in [-0.15, -0.1) is 0 Å². The predicted octanol–water partition coefficient (Wildman–Crippen LogP) is 4.06. The maximum absolute atomic E-state index is 12.1. The topological polar surface area (TPSA) is 111 Å². The number of benzene rings is 2. The average Bonchev–Trinajstić information content (AvgIpc) is 2.93. The molecular weight excluding hydrogens is 472 g/mol. The minimum atomic E-state index is -0.293. The van der Waals surface area contributed by atoms with Crippen LogP contribution in [0.15, 0.2) is 72.8 Å². The van der Waals surface area contributed by atoms with Crippen LogP contribution < -0.4 is 20.1 Å². The molecule has 0 spiro atoms.